The molecule has 3 rings (SSSR count). The number of nitrogens with zero attached hydrogens (tertiary/aromatic N) is 2. The topological polar surface area (TPSA) is 57.7 Å². The van der Waals surface area contributed by atoms with Crippen molar-refractivity contribution in [3.8, 4) is 0 Å². The molecule has 5 nitrogen and oxygen atoms in total. The van der Waals surface area contributed by atoms with Gasteiger partial charge in [-0.05, 0) is 24.6 Å². The molecule has 0 spiro atoms. The van der Waals surface area contributed by atoms with Crippen LogP contribution in [0.5, 0.6) is 0 Å². The van der Waals surface area contributed by atoms with Crippen molar-refractivity contribution in [1.82, 2.24) is 9.80 Å². The van der Waals surface area contributed by atoms with E-state index in [4.69, 9.17) is 0 Å². The van der Waals surface area contributed by atoms with Crippen LogP contribution in [0.4, 0.5) is 0 Å². The fourth-order valence-electron chi connectivity index (χ4n) is 3.42. The Hall–Kier alpha value is -2.18. The van der Waals surface area contributed by atoms with E-state index in [1.165, 1.54) is 17.2 Å². The normalized spacial score (nSPS) is 15.7. The SMILES string of the molecule is CCS(=O)(=O)c1ccccc1C(=O)N1CCN(Cc2cccc(C)c2)CC1. The van der Waals surface area contributed by atoms with Gasteiger partial charge in [-0.15, -0.1) is 0 Å². The van der Waals surface area contributed by atoms with Crippen molar-refractivity contribution >= 4 is 15.7 Å². The molecule has 144 valence electrons. The number of hydrogen-bond donors (Lipinski definition) is 0. The zero-order valence-electron chi connectivity index (χ0n) is 15.9. The highest BCUT2D eigenvalue weighted by Crippen LogP contribution is 2.20. The minimum absolute atomic E-state index is 0.0123. The van der Waals surface area contributed by atoms with E-state index >= 15 is 0 Å². The zero-order valence-corrected chi connectivity index (χ0v) is 16.7. The molecule has 1 saturated heterocycles. The van der Waals surface area contributed by atoms with Crippen LogP contribution >= 0.6 is 0 Å². The number of rotatable bonds is 5. The van der Waals surface area contributed by atoms with Crippen molar-refractivity contribution in [3.63, 3.8) is 0 Å². The summed E-state index contributed by atoms with van der Waals surface area (Å²) in [6.07, 6.45) is 0. The molecular formula is C21H26N2O3S. The maximum absolute atomic E-state index is 12.9. The van der Waals surface area contributed by atoms with Gasteiger partial charge >= 0.3 is 0 Å². The Kier molecular flexibility index (Phi) is 5.97. The van der Waals surface area contributed by atoms with Crippen molar-refractivity contribution in [2.75, 3.05) is 31.9 Å². The lowest BCUT2D eigenvalue weighted by atomic mass is 10.1. The fraction of sp³-hybridized carbons (Fsp3) is 0.381. The lowest BCUT2D eigenvalue weighted by Crippen LogP contribution is -2.48. The Labute approximate surface area is 161 Å². The first-order valence-electron chi connectivity index (χ1n) is 9.29. The molecule has 1 amide bonds. The molecule has 27 heavy (non-hydrogen) atoms. The molecule has 0 saturated carbocycles. The van der Waals surface area contributed by atoms with Crippen LogP contribution in [-0.4, -0.2) is 56.1 Å². The van der Waals surface area contributed by atoms with E-state index in [9.17, 15) is 13.2 Å². The van der Waals surface area contributed by atoms with Gasteiger partial charge in [-0.1, -0.05) is 48.9 Å². The summed E-state index contributed by atoms with van der Waals surface area (Å²) in [7, 11) is -3.43. The van der Waals surface area contributed by atoms with Gasteiger partial charge in [-0.3, -0.25) is 9.69 Å². The first-order chi connectivity index (χ1) is 12.9. The maximum Gasteiger partial charge on any atom is 0.255 e. The Morgan fingerprint density at radius 2 is 1.70 bits per heavy atom. The Bertz CT molecular complexity index is 917. The Morgan fingerprint density at radius 3 is 2.37 bits per heavy atom. The summed E-state index contributed by atoms with van der Waals surface area (Å²) >= 11 is 0. The van der Waals surface area contributed by atoms with Crippen LogP contribution in [0.3, 0.4) is 0 Å². The summed E-state index contributed by atoms with van der Waals surface area (Å²) in [5.74, 6) is -0.209. The number of benzene rings is 2. The predicted octanol–water partition coefficient (Wildman–Crippen LogP) is 2.75. The van der Waals surface area contributed by atoms with Crippen molar-refractivity contribution in [1.29, 1.82) is 0 Å². The van der Waals surface area contributed by atoms with E-state index in [-0.39, 0.29) is 22.1 Å². The van der Waals surface area contributed by atoms with Crippen LogP contribution < -0.4 is 0 Å². The molecular weight excluding hydrogens is 360 g/mol. The highest BCUT2D eigenvalue weighted by atomic mass is 32.2. The molecule has 0 aliphatic carbocycles. The minimum Gasteiger partial charge on any atom is -0.336 e. The van der Waals surface area contributed by atoms with Crippen LogP contribution in [-0.2, 0) is 16.4 Å². The van der Waals surface area contributed by atoms with Crippen LogP contribution in [0.2, 0.25) is 0 Å². The average Bonchev–Trinajstić information content (AvgIpc) is 2.68. The van der Waals surface area contributed by atoms with E-state index in [1.807, 2.05) is 0 Å². The molecule has 0 unspecified atom stereocenters. The molecule has 2 aromatic carbocycles. The molecule has 1 aliphatic heterocycles. The van der Waals surface area contributed by atoms with Gasteiger partial charge < -0.3 is 4.90 Å². The van der Waals surface area contributed by atoms with Crippen molar-refractivity contribution in [3.05, 3.63) is 65.2 Å². The standard InChI is InChI=1S/C21H26N2O3S/c1-3-27(25,26)20-10-5-4-9-19(20)21(24)23-13-11-22(12-14-23)16-18-8-6-7-17(2)15-18/h4-10,15H,3,11-14,16H2,1-2H3. The Morgan fingerprint density at radius 1 is 1.00 bits per heavy atom. The van der Waals surface area contributed by atoms with E-state index in [1.54, 1.807) is 30.0 Å². The number of aryl methyl sites for hydroxylation is 1. The van der Waals surface area contributed by atoms with Crippen LogP contribution in [0.25, 0.3) is 0 Å². The third kappa shape index (κ3) is 4.57. The van der Waals surface area contributed by atoms with Crippen molar-refractivity contribution in [2.45, 2.75) is 25.3 Å². The van der Waals surface area contributed by atoms with Crippen LogP contribution in [0, 0.1) is 6.92 Å². The molecule has 2 aromatic rings. The van der Waals surface area contributed by atoms with E-state index in [0.29, 0.717) is 13.1 Å². The molecule has 1 heterocycles. The first kappa shape index (κ1) is 19.6. The number of piperazine rings is 1. The quantitative estimate of drug-likeness (QED) is 0.793. The van der Waals surface area contributed by atoms with Crippen molar-refractivity contribution < 1.29 is 13.2 Å². The maximum atomic E-state index is 12.9. The first-order valence-corrected chi connectivity index (χ1v) is 10.9. The van der Waals surface area contributed by atoms with Crippen LogP contribution in [0.1, 0.15) is 28.4 Å². The molecule has 6 heteroatoms. The summed E-state index contributed by atoms with van der Waals surface area (Å²) in [4.78, 5) is 17.2. The molecule has 0 N–H and O–H groups in total. The molecule has 0 atom stereocenters. The fourth-order valence-corrected chi connectivity index (χ4v) is 4.51. The third-order valence-corrected chi connectivity index (χ3v) is 6.77. The number of carbonyl (C=O) groups is 1. The second-order valence-electron chi connectivity index (χ2n) is 6.96. The second kappa shape index (κ2) is 8.23. The van der Waals surface area contributed by atoms with E-state index in [2.05, 4.69) is 36.1 Å². The lowest BCUT2D eigenvalue weighted by molar-refractivity contribution is 0.0624. The van der Waals surface area contributed by atoms with Gasteiger partial charge in [0.2, 0.25) is 0 Å². The van der Waals surface area contributed by atoms with Gasteiger partial charge in [0.25, 0.3) is 5.91 Å². The van der Waals surface area contributed by atoms with Crippen LogP contribution in [0.15, 0.2) is 53.4 Å². The summed E-state index contributed by atoms with van der Waals surface area (Å²) in [6, 6.07) is 15.0. The molecule has 1 aliphatic rings. The minimum atomic E-state index is -3.43. The summed E-state index contributed by atoms with van der Waals surface area (Å²) in [5.41, 5.74) is 2.80. The number of amides is 1. The van der Waals surface area contributed by atoms with Gasteiger partial charge in [-0.25, -0.2) is 8.42 Å². The molecule has 1 fully saturated rings. The number of hydrogen-bond acceptors (Lipinski definition) is 4. The monoisotopic (exact) mass is 386 g/mol. The van der Waals surface area contributed by atoms with Crippen molar-refractivity contribution in [2.24, 2.45) is 0 Å². The van der Waals surface area contributed by atoms with Gasteiger partial charge in [-0.2, -0.15) is 0 Å². The number of sulfone groups is 1. The summed E-state index contributed by atoms with van der Waals surface area (Å²) in [6.45, 7) is 7.31. The third-order valence-electron chi connectivity index (χ3n) is 4.98. The number of carbonyl (C=O) groups excluding carboxylic acids is 1. The van der Waals surface area contributed by atoms with E-state index < -0.39 is 9.84 Å². The van der Waals surface area contributed by atoms with Gasteiger partial charge in [0.1, 0.15) is 0 Å². The van der Waals surface area contributed by atoms with Gasteiger partial charge in [0, 0.05) is 32.7 Å². The Balaban J connectivity index is 1.67. The highest BCUT2D eigenvalue weighted by Gasteiger charge is 2.26. The molecule has 0 bridgehead atoms. The molecule has 0 aromatic heterocycles. The van der Waals surface area contributed by atoms with E-state index in [0.717, 1.165) is 19.6 Å². The molecule has 0 radical (unpaired) electrons. The zero-order chi connectivity index (χ0) is 19.4. The highest BCUT2D eigenvalue weighted by molar-refractivity contribution is 7.91. The smallest absolute Gasteiger partial charge is 0.255 e. The van der Waals surface area contributed by atoms with Gasteiger partial charge in [0.15, 0.2) is 9.84 Å². The summed E-state index contributed by atoms with van der Waals surface area (Å²) in [5, 5.41) is 0. The van der Waals surface area contributed by atoms with Gasteiger partial charge in [0.05, 0.1) is 16.2 Å². The summed E-state index contributed by atoms with van der Waals surface area (Å²) < 4.78 is 24.6. The second-order valence-corrected chi connectivity index (χ2v) is 9.20. The average molecular weight is 387 g/mol. The predicted molar refractivity (Wildman–Crippen MR) is 107 cm³/mol. The lowest BCUT2D eigenvalue weighted by Gasteiger charge is -2.35. The largest absolute Gasteiger partial charge is 0.336 e.